The molecule has 0 fully saturated rings. The minimum absolute atomic E-state index is 0.301. The molecule has 2 amide bonds. The normalized spacial score (nSPS) is 12.6. The summed E-state index contributed by atoms with van der Waals surface area (Å²) in [5.74, 6) is -3.13. The van der Waals surface area contributed by atoms with Crippen LogP contribution in [0.5, 0.6) is 0 Å². The van der Waals surface area contributed by atoms with Crippen molar-refractivity contribution >= 4 is 18.0 Å². The Morgan fingerprint density at radius 3 is 2.11 bits per heavy atom. The number of urea groups is 1. The number of rotatable bonds is 6. The summed E-state index contributed by atoms with van der Waals surface area (Å²) in [5.41, 5.74) is 0. The van der Waals surface area contributed by atoms with Crippen LogP contribution in [-0.2, 0) is 9.59 Å². The van der Waals surface area contributed by atoms with Crippen LogP contribution in [0.25, 0.3) is 0 Å². The molecule has 0 aromatic rings. The fourth-order valence-electron chi connectivity index (χ4n) is 1.16. The SMILES string of the molecule is CCN(CC(F)(F)F)C(=O)N[C@@H](CC(=O)O)C(=O)O. The lowest BCUT2D eigenvalue weighted by Gasteiger charge is -2.24. The van der Waals surface area contributed by atoms with Crippen LogP contribution in [0.1, 0.15) is 13.3 Å². The van der Waals surface area contributed by atoms with Gasteiger partial charge >= 0.3 is 24.1 Å². The van der Waals surface area contributed by atoms with Crippen molar-refractivity contribution in [3.63, 3.8) is 0 Å². The van der Waals surface area contributed by atoms with Crippen molar-refractivity contribution in [1.29, 1.82) is 0 Å². The number of amides is 2. The summed E-state index contributed by atoms with van der Waals surface area (Å²) in [6, 6.07) is -3.07. The van der Waals surface area contributed by atoms with Crippen molar-refractivity contribution in [2.24, 2.45) is 0 Å². The van der Waals surface area contributed by atoms with Crippen LogP contribution in [0.3, 0.4) is 0 Å². The van der Waals surface area contributed by atoms with E-state index in [1.807, 2.05) is 0 Å². The fraction of sp³-hybridized carbons (Fsp3) is 0.667. The van der Waals surface area contributed by atoms with Gasteiger partial charge in [-0.1, -0.05) is 0 Å². The Morgan fingerprint density at radius 1 is 1.26 bits per heavy atom. The van der Waals surface area contributed by atoms with E-state index < -0.39 is 43.2 Å². The Bertz CT molecular complexity index is 358. The average Bonchev–Trinajstić information content (AvgIpc) is 2.22. The molecule has 0 aliphatic rings. The van der Waals surface area contributed by atoms with E-state index in [0.29, 0.717) is 4.90 Å². The Labute approximate surface area is 106 Å². The summed E-state index contributed by atoms with van der Waals surface area (Å²) >= 11 is 0. The zero-order valence-corrected chi connectivity index (χ0v) is 9.90. The first kappa shape index (κ1) is 17.0. The number of carboxylic acids is 2. The van der Waals surface area contributed by atoms with Crippen LogP contribution >= 0.6 is 0 Å². The van der Waals surface area contributed by atoms with Crippen LogP contribution in [0.2, 0.25) is 0 Å². The lowest BCUT2D eigenvalue weighted by molar-refractivity contribution is -0.146. The second-order valence-electron chi connectivity index (χ2n) is 3.57. The van der Waals surface area contributed by atoms with Crippen LogP contribution in [-0.4, -0.2) is 58.4 Å². The van der Waals surface area contributed by atoms with Crippen molar-refractivity contribution in [2.75, 3.05) is 13.1 Å². The molecule has 1 atom stereocenters. The molecular formula is C9H13F3N2O5. The number of carboxylic acid groups (broad SMARTS) is 2. The largest absolute Gasteiger partial charge is 0.481 e. The first-order valence-electron chi connectivity index (χ1n) is 5.13. The molecule has 0 unspecified atom stereocenters. The van der Waals surface area contributed by atoms with Gasteiger partial charge in [0.25, 0.3) is 0 Å². The molecule has 0 bridgehead atoms. The standard InChI is InChI=1S/C9H13F3N2O5/c1-2-14(4-9(10,11)12)8(19)13-5(7(17)18)3-6(15)16/h5H,2-4H2,1H3,(H,13,19)(H,15,16)(H,17,18)/t5-/m0/s1. The molecule has 0 saturated carbocycles. The predicted molar refractivity (Wildman–Crippen MR) is 55.5 cm³/mol. The van der Waals surface area contributed by atoms with E-state index in [2.05, 4.69) is 0 Å². The molecule has 0 spiro atoms. The van der Waals surface area contributed by atoms with Crippen LogP contribution in [0.4, 0.5) is 18.0 Å². The molecular weight excluding hydrogens is 273 g/mol. The molecule has 0 rings (SSSR count). The average molecular weight is 286 g/mol. The smallest absolute Gasteiger partial charge is 0.406 e. The van der Waals surface area contributed by atoms with Gasteiger partial charge in [0, 0.05) is 6.54 Å². The minimum Gasteiger partial charge on any atom is -0.481 e. The molecule has 10 heteroatoms. The molecule has 0 aliphatic heterocycles. The number of hydrogen-bond acceptors (Lipinski definition) is 3. The zero-order valence-electron chi connectivity index (χ0n) is 9.90. The monoisotopic (exact) mass is 286 g/mol. The maximum Gasteiger partial charge on any atom is 0.406 e. The van der Waals surface area contributed by atoms with Gasteiger partial charge < -0.3 is 20.4 Å². The van der Waals surface area contributed by atoms with Crippen LogP contribution < -0.4 is 5.32 Å². The van der Waals surface area contributed by atoms with Crippen molar-refractivity contribution < 1.29 is 37.8 Å². The van der Waals surface area contributed by atoms with Crippen molar-refractivity contribution in [2.45, 2.75) is 25.6 Å². The van der Waals surface area contributed by atoms with E-state index in [9.17, 15) is 27.6 Å². The fourth-order valence-corrected chi connectivity index (χ4v) is 1.16. The Kier molecular flexibility index (Phi) is 6.09. The van der Waals surface area contributed by atoms with E-state index in [0.717, 1.165) is 0 Å². The molecule has 7 nitrogen and oxygen atoms in total. The molecule has 0 aliphatic carbocycles. The van der Waals surface area contributed by atoms with Crippen LogP contribution in [0.15, 0.2) is 0 Å². The molecule has 19 heavy (non-hydrogen) atoms. The summed E-state index contributed by atoms with van der Waals surface area (Å²) in [6.45, 7) is -0.572. The quantitative estimate of drug-likeness (QED) is 0.659. The second kappa shape index (κ2) is 6.81. The molecule has 110 valence electrons. The first-order valence-corrected chi connectivity index (χ1v) is 5.13. The number of carbonyl (C=O) groups excluding carboxylic acids is 1. The number of hydrogen-bond donors (Lipinski definition) is 3. The third kappa shape index (κ3) is 7.11. The summed E-state index contributed by atoms with van der Waals surface area (Å²) in [4.78, 5) is 32.7. The Hall–Kier alpha value is -2.00. The second-order valence-corrected chi connectivity index (χ2v) is 3.57. The Balaban J connectivity index is 4.68. The lowest BCUT2D eigenvalue weighted by atomic mass is 10.2. The van der Waals surface area contributed by atoms with Crippen molar-refractivity contribution in [1.82, 2.24) is 10.2 Å². The third-order valence-electron chi connectivity index (χ3n) is 2.01. The van der Waals surface area contributed by atoms with Gasteiger partial charge in [-0.25, -0.2) is 9.59 Å². The molecule has 0 aromatic heterocycles. The molecule has 0 heterocycles. The summed E-state index contributed by atoms with van der Waals surface area (Å²) in [6.07, 6.45) is -5.55. The van der Waals surface area contributed by atoms with Gasteiger partial charge in [0.15, 0.2) is 0 Å². The molecule has 0 saturated heterocycles. The van der Waals surface area contributed by atoms with E-state index >= 15 is 0 Å². The molecule has 3 N–H and O–H groups in total. The van der Waals surface area contributed by atoms with Gasteiger partial charge in [0.1, 0.15) is 12.6 Å². The zero-order chi connectivity index (χ0) is 15.2. The van der Waals surface area contributed by atoms with Crippen molar-refractivity contribution in [3.05, 3.63) is 0 Å². The van der Waals surface area contributed by atoms with Crippen LogP contribution in [0, 0.1) is 0 Å². The van der Waals surface area contributed by atoms with Gasteiger partial charge in [-0.3, -0.25) is 4.79 Å². The van der Waals surface area contributed by atoms with E-state index in [4.69, 9.17) is 10.2 Å². The number of nitrogens with one attached hydrogen (secondary N) is 1. The maximum atomic E-state index is 12.1. The van der Waals surface area contributed by atoms with Gasteiger partial charge in [-0.05, 0) is 6.92 Å². The number of alkyl halides is 3. The highest BCUT2D eigenvalue weighted by Gasteiger charge is 2.33. The first-order chi connectivity index (χ1) is 8.56. The van der Waals surface area contributed by atoms with E-state index in [-0.39, 0.29) is 6.54 Å². The summed E-state index contributed by atoms with van der Waals surface area (Å²) in [7, 11) is 0. The third-order valence-corrected chi connectivity index (χ3v) is 2.01. The highest BCUT2D eigenvalue weighted by Crippen LogP contribution is 2.16. The highest BCUT2D eigenvalue weighted by atomic mass is 19.4. The highest BCUT2D eigenvalue weighted by molar-refractivity contribution is 5.86. The minimum atomic E-state index is -4.63. The topological polar surface area (TPSA) is 107 Å². The number of carbonyl (C=O) groups is 3. The summed E-state index contributed by atoms with van der Waals surface area (Å²) in [5, 5.41) is 18.8. The number of nitrogens with zero attached hydrogens (tertiary/aromatic N) is 1. The van der Waals surface area contributed by atoms with E-state index in [1.54, 1.807) is 5.32 Å². The number of aliphatic carboxylic acids is 2. The Morgan fingerprint density at radius 2 is 1.79 bits per heavy atom. The number of halogens is 3. The van der Waals surface area contributed by atoms with Gasteiger partial charge in [-0.2, -0.15) is 13.2 Å². The summed E-state index contributed by atoms with van der Waals surface area (Å²) < 4.78 is 36.4. The lowest BCUT2D eigenvalue weighted by Crippen LogP contribution is -2.50. The van der Waals surface area contributed by atoms with Gasteiger partial charge in [-0.15, -0.1) is 0 Å². The molecule has 0 radical (unpaired) electrons. The molecule has 0 aromatic carbocycles. The van der Waals surface area contributed by atoms with E-state index in [1.165, 1.54) is 6.92 Å². The van der Waals surface area contributed by atoms with Gasteiger partial charge in [0.2, 0.25) is 0 Å². The van der Waals surface area contributed by atoms with Crippen molar-refractivity contribution in [3.8, 4) is 0 Å². The maximum absolute atomic E-state index is 12.1. The predicted octanol–water partition coefficient (Wildman–Crippen LogP) is 0.508. The van der Waals surface area contributed by atoms with Gasteiger partial charge in [0.05, 0.1) is 6.42 Å².